The first-order valence-electron chi connectivity index (χ1n) is 17.7. The Morgan fingerprint density at radius 3 is 2.25 bits per heavy atom. The van der Waals surface area contributed by atoms with Crippen LogP contribution in [0.1, 0.15) is 47.7 Å². The maximum atomic E-state index is 13.4. The van der Waals surface area contributed by atoms with Gasteiger partial charge in [0.25, 0.3) is 0 Å². The van der Waals surface area contributed by atoms with Gasteiger partial charge in [0.1, 0.15) is 40.4 Å². The van der Waals surface area contributed by atoms with Gasteiger partial charge in [-0.2, -0.15) is 0 Å². The molecule has 0 atom stereocenters. The topological polar surface area (TPSA) is 191 Å². The number of hydrogen-bond donors (Lipinski definition) is 3. The standard InChI is InChI=1S/C42H29FN6O7S3/c1-22-38(58-36(47-22)19-55-35-9-7-28(43)18-46-35)26-13-23(12-25(15-26)24-6-8-29(41(53)54)33(50)16-24)14-32-39(59-37(49-32)20-56-42-44-10-3-11-45-42)31-5-2-4-30(48-31)34-17-27(21-57-34)40(51)52/h2-13,15-18,21,50H,14,19-20H2,1H3,(H,51,52)(H,53,54). The number of phenols is 1. The summed E-state index contributed by atoms with van der Waals surface area (Å²) in [5.74, 6) is -2.85. The maximum absolute atomic E-state index is 13.4. The first kappa shape index (κ1) is 38.9. The fraction of sp³-hybridized carbons (Fsp3) is 0.0952. The van der Waals surface area contributed by atoms with E-state index < -0.39 is 17.8 Å². The van der Waals surface area contributed by atoms with Crippen LogP contribution in [0.5, 0.6) is 17.6 Å². The number of aromatic nitrogens is 6. The third kappa shape index (κ3) is 8.96. The fourth-order valence-corrected chi connectivity index (χ4v) is 8.87. The summed E-state index contributed by atoms with van der Waals surface area (Å²) in [7, 11) is 0. The van der Waals surface area contributed by atoms with Gasteiger partial charge in [-0.1, -0.05) is 18.2 Å². The average molecular weight is 845 g/mol. The number of rotatable bonds is 14. The Labute approximate surface area is 346 Å². The molecule has 0 unspecified atom stereocenters. The zero-order valence-corrected chi connectivity index (χ0v) is 33.1. The Bertz CT molecular complexity index is 2830. The molecule has 0 aliphatic carbocycles. The van der Waals surface area contributed by atoms with Crippen LogP contribution in [0.15, 0.2) is 103 Å². The van der Waals surface area contributed by atoms with Gasteiger partial charge < -0.3 is 24.8 Å². The number of aryl methyl sites for hydroxylation is 1. The molecule has 0 amide bonds. The number of nitrogens with zero attached hydrogens (tertiary/aromatic N) is 6. The Kier molecular flexibility index (Phi) is 11.1. The number of carboxylic acid groups (broad SMARTS) is 2. The summed E-state index contributed by atoms with van der Waals surface area (Å²) in [5.41, 5.74) is 5.59. The SMILES string of the molecule is Cc1nc(COc2ccc(F)cn2)sc1-c1cc(Cc2nc(COc3ncccn3)sc2-c2cccc(-c3cc(C(=O)O)cs3)n2)cc(-c2ccc(C(=O)O)c(O)c2)c1. The van der Waals surface area contributed by atoms with Gasteiger partial charge in [0.05, 0.1) is 49.2 Å². The smallest absolute Gasteiger partial charge is 0.339 e. The van der Waals surface area contributed by atoms with Gasteiger partial charge in [0, 0.05) is 30.3 Å². The normalized spacial score (nSPS) is 11.1. The molecule has 8 aromatic rings. The number of ether oxygens (including phenoxy) is 2. The van der Waals surface area contributed by atoms with E-state index in [-0.39, 0.29) is 42.0 Å². The van der Waals surface area contributed by atoms with Crippen molar-refractivity contribution >= 4 is 45.9 Å². The number of hydrogen-bond acceptors (Lipinski definition) is 14. The summed E-state index contributed by atoms with van der Waals surface area (Å²) < 4.78 is 25.1. The van der Waals surface area contributed by atoms with Crippen LogP contribution >= 0.6 is 34.0 Å². The monoisotopic (exact) mass is 844 g/mol. The van der Waals surface area contributed by atoms with Crippen LogP contribution in [-0.2, 0) is 19.6 Å². The van der Waals surface area contributed by atoms with Crippen LogP contribution in [0.25, 0.3) is 42.7 Å². The Morgan fingerprint density at radius 2 is 1.51 bits per heavy atom. The van der Waals surface area contributed by atoms with Gasteiger partial charge in [-0.05, 0) is 83.8 Å². The number of carbonyl (C=O) groups is 2. The van der Waals surface area contributed by atoms with Crippen molar-refractivity contribution in [2.24, 2.45) is 0 Å². The molecule has 294 valence electrons. The van der Waals surface area contributed by atoms with Crippen LogP contribution in [-0.4, -0.2) is 57.2 Å². The Balaban J connectivity index is 1.19. The second-order valence-corrected chi connectivity index (χ2v) is 16.0. The molecule has 0 aliphatic heterocycles. The highest BCUT2D eigenvalue weighted by Crippen LogP contribution is 2.38. The number of thiazole rings is 2. The molecule has 3 N–H and O–H groups in total. The van der Waals surface area contributed by atoms with Crippen LogP contribution in [0.3, 0.4) is 0 Å². The number of thiophene rings is 1. The number of aromatic hydroxyl groups is 1. The van der Waals surface area contributed by atoms with Crippen LogP contribution in [0.2, 0.25) is 0 Å². The lowest BCUT2D eigenvalue weighted by Crippen LogP contribution is -1.99. The summed E-state index contributed by atoms with van der Waals surface area (Å²) in [6, 6.07) is 22.1. The molecule has 59 heavy (non-hydrogen) atoms. The number of halogens is 1. The highest BCUT2D eigenvalue weighted by atomic mass is 32.1. The molecule has 0 saturated heterocycles. The predicted octanol–water partition coefficient (Wildman–Crippen LogP) is 9.21. The molecule has 0 aliphatic rings. The van der Waals surface area contributed by atoms with Gasteiger partial charge in [-0.3, -0.25) is 0 Å². The first-order chi connectivity index (χ1) is 28.6. The number of aromatic carboxylic acids is 2. The lowest BCUT2D eigenvalue weighted by Gasteiger charge is -2.12. The molecule has 0 radical (unpaired) electrons. The Hall–Kier alpha value is -6.95. The summed E-state index contributed by atoms with van der Waals surface area (Å²) in [6.07, 6.45) is 4.57. The minimum absolute atomic E-state index is 0.0904. The summed E-state index contributed by atoms with van der Waals surface area (Å²) in [6.45, 7) is 2.09. The van der Waals surface area contributed by atoms with Crippen molar-refractivity contribution in [1.82, 2.24) is 29.9 Å². The van der Waals surface area contributed by atoms with E-state index in [0.29, 0.717) is 49.5 Å². The van der Waals surface area contributed by atoms with E-state index in [1.807, 2.05) is 43.3 Å². The van der Waals surface area contributed by atoms with E-state index in [9.17, 15) is 29.3 Å². The molecular weight excluding hydrogens is 816 g/mol. The summed E-state index contributed by atoms with van der Waals surface area (Å²) in [4.78, 5) is 52.7. The van der Waals surface area contributed by atoms with Crippen LogP contribution in [0, 0.1) is 12.7 Å². The van der Waals surface area contributed by atoms with Crippen molar-refractivity contribution in [1.29, 1.82) is 0 Å². The first-order valence-corrected chi connectivity index (χ1v) is 20.2. The molecule has 6 aromatic heterocycles. The average Bonchev–Trinajstić information content (AvgIpc) is 3.99. The van der Waals surface area contributed by atoms with E-state index in [0.717, 1.165) is 32.8 Å². The lowest BCUT2D eigenvalue weighted by atomic mass is 9.95. The van der Waals surface area contributed by atoms with Crippen LogP contribution < -0.4 is 9.47 Å². The summed E-state index contributed by atoms with van der Waals surface area (Å²) >= 11 is 4.12. The van der Waals surface area contributed by atoms with Crippen molar-refractivity contribution in [2.75, 3.05) is 0 Å². The van der Waals surface area contributed by atoms with Gasteiger partial charge in [0.15, 0.2) is 0 Å². The zero-order valence-electron chi connectivity index (χ0n) is 30.7. The van der Waals surface area contributed by atoms with Crippen molar-refractivity contribution < 1.29 is 38.8 Å². The highest BCUT2D eigenvalue weighted by Gasteiger charge is 2.20. The molecule has 8 rings (SSSR count). The number of pyridine rings is 2. The molecule has 0 spiro atoms. The van der Waals surface area contributed by atoms with Crippen LogP contribution in [0.4, 0.5) is 4.39 Å². The third-order valence-electron chi connectivity index (χ3n) is 8.76. The van der Waals surface area contributed by atoms with E-state index >= 15 is 0 Å². The van der Waals surface area contributed by atoms with Crippen molar-refractivity contribution in [3.63, 3.8) is 0 Å². The van der Waals surface area contributed by atoms with Gasteiger partial charge in [-0.25, -0.2) is 43.9 Å². The fourth-order valence-electron chi connectivity index (χ4n) is 6.09. The van der Waals surface area contributed by atoms with E-state index in [1.165, 1.54) is 58.3 Å². The maximum Gasteiger partial charge on any atom is 0.339 e. The van der Waals surface area contributed by atoms with Crippen molar-refractivity contribution in [3.05, 3.63) is 147 Å². The number of carboxylic acids is 2. The van der Waals surface area contributed by atoms with E-state index in [4.69, 9.17) is 24.4 Å². The van der Waals surface area contributed by atoms with Gasteiger partial charge in [0.2, 0.25) is 5.88 Å². The van der Waals surface area contributed by atoms with Crippen molar-refractivity contribution in [3.8, 4) is 60.3 Å². The van der Waals surface area contributed by atoms with Gasteiger partial charge >= 0.3 is 17.9 Å². The van der Waals surface area contributed by atoms with Gasteiger partial charge in [-0.15, -0.1) is 34.0 Å². The van der Waals surface area contributed by atoms with E-state index in [1.54, 1.807) is 36.0 Å². The molecular formula is C42H29FN6O7S3. The largest absolute Gasteiger partial charge is 0.507 e. The second-order valence-electron chi connectivity index (χ2n) is 12.9. The number of benzene rings is 2. The third-order valence-corrected chi connectivity index (χ3v) is 12.0. The molecule has 0 fully saturated rings. The lowest BCUT2D eigenvalue weighted by molar-refractivity contribution is 0.0684. The molecule has 17 heteroatoms. The highest BCUT2D eigenvalue weighted by molar-refractivity contribution is 7.15. The second kappa shape index (κ2) is 16.9. The predicted molar refractivity (Wildman–Crippen MR) is 220 cm³/mol. The van der Waals surface area contributed by atoms with E-state index in [2.05, 4.69) is 15.0 Å². The molecule has 0 bridgehead atoms. The zero-order chi connectivity index (χ0) is 41.0. The quantitative estimate of drug-likeness (QED) is 0.0940. The summed E-state index contributed by atoms with van der Waals surface area (Å²) in [5, 5.41) is 32.6. The molecule has 13 nitrogen and oxygen atoms in total. The Morgan fingerprint density at radius 1 is 0.746 bits per heavy atom. The molecule has 0 saturated carbocycles. The minimum Gasteiger partial charge on any atom is -0.507 e. The van der Waals surface area contributed by atoms with Crippen molar-refractivity contribution in [2.45, 2.75) is 26.6 Å². The minimum atomic E-state index is -1.25. The molecule has 2 aromatic carbocycles. The molecule has 6 heterocycles.